The number of aromatic nitrogens is 2. The number of rotatable bonds is 5. The zero-order valence-corrected chi connectivity index (χ0v) is 15.1. The van der Waals surface area contributed by atoms with E-state index in [1.165, 1.54) is 12.8 Å². The van der Waals surface area contributed by atoms with E-state index in [2.05, 4.69) is 25.8 Å². The third-order valence-electron chi connectivity index (χ3n) is 4.83. The molecule has 1 aliphatic heterocycles. The van der Waals surface area contributed by atoms with Gasteiger partial charge in [0.2, 0.25) is 11.8 Å². The second kappa shape index (κ2) is 8.31. The second-order valence-corrected chi connectivity index (χ2v) is 6.83. The Morgan fingerprint density at radius 2 is 2.16 bits per heavy atom. The summed E-state index contributed by atoms with van der Waals surface area (Å²) in [6.07, 6.45) is 5.45. The van der Waals surface area contributed by atoms with Crippen molar-refractivity contribution in [1.82, 2.24) is 25.7 Å². The maximum Gasteiger partial charge on any atom is 0.248 e. The SMILES string of the molecule is CCNC(=NCc1nc(C)no1)NC1CCN(C(=O)C2CCCC2)C1. The summed E-state index contributed by atoms with van der Waals surface area (Å²) in [5.74, 6) is 2.42. The van der Waals surface area contributed by atoms with Crippen LogP contribution in [0.25, 0.3) is 0 Å². The van der Waals surface area contributed by atoms with Gasteiger partial charge >= 0.3 is 0 Å². The number of nitrogens with zero attached hydrogens (tertiary/aromatic N) is 4. The van der Waals surface area contributed by atoms with Crippen molar-refractivity contribution in [3.05, 3.63) is 11.7 Å². The molecular weight excluding hydrogens is 320 g/mol. The fourth-order valence-electron chi connectivity index (χ4n) is 3.57. The predicted molar refractivity (Wildman–Crippen MR) is 93.9 cm³/mol. The molecule has 138 valence electrons. The van der Waals surface area contributed by atoms with Crippen LogP contribution in [0.15, 0.2) is 9.52 Å². The first kappa shape index (κ1) is 17.7. The first-order valence-corrected chi connectivity index (χ1v) is 9.28. The van der Waals surface area contributed by atoms with Crippen LogP contribution in [0.2, 0.25) is 0 Å². The molecule has 1 saturated heterocycles. The van der Waals surface area contributed by atoms with Crippen LogP contribution in [0.4, 0.5) is 0 Å². The minimum atomic E-state index is 0.229. The van der Waals surface area contributed by atoms with E-state index in [1.54, 1.807) is 6.92 Å². The molecule has 1 aromatic rings. The van der Waals surface area contributed by atoms with Gasteiger partial charge in [-0.25, -0.2) is 4.99 Å². The monoisotopic (exact) mass is 348 g/mol. The zero-order valence-electron chi connectivity index (χ0n) is 15.1. The molecule has 2 N–H and O–H groups in total. The van der Waals surface area contributed by atoms with Crippen LogP contribution in [0.1, 0.15) is 50.7 Å². The molecular formula is C17H28N6O2. The van der Waals surface area contributed by atoms with Crippen molar-refractivity contribution in [3.8, 4) is 0 Å². The van der Waals surface area contributed by atoms with Crippen LogP contribution >= 0.6 is 0 Å². The van der Waals surface area contributed by atoms with Crippen LogP contribution in [0.5, 0.6) is 0 Å². The van der Waals surface area contributed by atoms with E-state index in [0.29, 0.717) is 24.2 Å². The van der Waals surface area contributed by atoms with Gasteiger partial charge < -0.3 is 20.1 Å². The summed E-state index contributed by atoms with van der Waals surface area (Å²) in [7, 11) is 0. The fourth-order valence-corrected chi connectivity index (χ4v) is 3.57. The topological polar surface area (TPSA) is 95.7 Å². The molecule has 8 heteroatoms. The van der Waals surface area contributed by atoms with E-state index in [0.717, 1.165) is 44.9 Å². The second-order valence-electron chi connectivity index (χ2n) is 6.83. The van der Waals surface area contributed by atoms with Crippen LogP contribution in [0, 0.1) is 12.8 Å². The molecule has 0 bridgehead atoms. The Bertz CT molecular complexity index is 608. The van der Waals surface area contributed by atoms with Gasteiger partial charge in [0.25, 0.3) is 0 Å². The minimum Gasteiger partial charge on any atom is -0.357 e. The Labute approximate surface area is 148 Å². The van der Waals surface area contributed by atoms with Crippen LogP contribution in [0.3, 0.4) is 0 Å². The van der Waals surface area contributed by atoms with E-state index in [1.807, 2.05) is 11.8 Å². The first-order valence-electron chi connectivity index (χ1n) is 9.28. The lowest BCUT2D eigenvalue weighted by Gasteiger charge is -2.21. The highest BCUT2D eigenvalue weighted by Gasteiger charge is 2.32. The van der Waals surface area contributed by atoms with Gasteiger partial charge in [-0.1, -0.05) is 18.0 Å². The largest absolute Gasteiger partial charge is 0.357 e. The van der Waals surface area contributed by atoms with Gasteiger partial charge in [0.05, 0.1) is 0 Å². The molecule has 2 heterocycles. The van der Waals surface area contributed by atoms with Crippen molar-refractivity contribution in [2.75, 3.05) is 19.6 Å². The fraction of sp³-hybridized carbons (Fsp3) is 0.765. The zero-order chi connectivity index (χ0) is 17.6. The van der Waals surface area contributed by atoms with Gasteiger partial charge in [-0.2, -0.15) is 4.98 Å². The highest BCUT2D eigenvalue weighted by molar-refractivity contribution is 5.81. The Morgan fingerprint density at radius 3 is 2.84 bits per heavy atom. The quantitative estimate of drug-likeness (QED) is 0.614. The van der Waals surface area contributed by atoms with Gasteiger partial charge in [-0.05, 0) is 33.1 Å². The number of guanidine groups is 1. The van der Waals surface area contributed by atoms with Gasteiger partial charge in [-0.3, -0.25) is 4.79 Å². The number of likely N-dealkylation sites (tertiary alicyclic amines) is 1. The van der Waals surface area contributed by atoms with E-state index in [9.17, 15) is 4.79 Å². The first-order chi connectivity index (χ1) is 12.2. The average molecular weight is 348 g/mol. The summed E-state index contributed by atoms with van der Waals surface area (Å²) in [6, 6.07) is 0.229. The summed E-state index contributed by atoms with van der Waals surface area (Å²) >= 11 is 0. The lowest BCUT2D eigenvalue weighted by Crippen LogP contribution is -2.45. The maximum atomic E-state index is 12.5. The normalized spacial score (nSPS) is 21.8. The van der Waals surface area contributed by atoms with E-state index >= 15 is 0 Å². The molecule has 1 aliphatic carbocycles. The highest BCUT2D eigenvalue weighted by Crippen LogP contribution is 2.27. The number of nitrogens with one attached hydrogen (secondary N) is 2. The van der Waals surface area contributed by atoms with Crippen molar-refractivity contribution < 1.29 is 9.32 Å². The molecule has 0 spiro atoms. The molecule has 1 aromatic heterocycles. The molecule has 25 heavy (non-hydrogen) atoms. The number of amides is 1. The summed E-state index contributed by atoms with van der Waals surface area (Å²) in [5, 5.41) is 10.4. The lowest BCUT2D eigenvalue weighted by atomic mass is 10.1. The molecule has 1 saturated carbocycles. The molecule has 1 amide bonds. The molecule has 8 nitrogen and oxygen atoms in total. The van der Waals surface area contributed by atoms with Gasteiger partial charge in [-0.15, -0.1) is 0 Å². The number of hydrogen-bond donors (Lipinski definition) is 2. The van der Waals surface area contributed by atoms with E-state index in [4.69, 9.17) is 4.52 Å². The van der Waals surface area contributed by atoms with Crippen LogP contribution in [-0.2, 0) is 11.3 Å². The summed E-state index contributed by atoms with van der Waals surface area (Å²) < 4.78 is 5.09. The van der Waals surface area contributed by atoms with Gasteiger partial charge in [0, 0.05) is 31.6 Å². The number of carbonyl (C=O) groups excluding carboxylic acids is 1. The Hall–Kier alpha value is -2.12. The lowest BCUT2D eigenvalue weighted by molar-refractivity contribution is -0.134. The third-order valence-corrected chi connectivity index (χ3v) is 4.83. The van der Waals surface area contributed by atoms with Crippen molar-refractivity contribution >= 4 is 11.9 Å². The minimum absolute atomic E-state index is 0.229. The molecule has 1 atom stereocenters. The molecule has 0 radical (unpaired) electrons. The molecule has 1 unspecified atom stereocenters. The molecule has 3 rings (SSSR count). The average Bonchev–Trinajstić information content (AvgIpc) is 3.34. The van der Waals surface area contributed by atoms with E-state index in [-0.39, 0.29) is 12.0 Å². The van der Waals surface area contributed by atoms with Crippen molar-refractivity contribution in [3.63, 3.8) is 0 Å². The Morgan fingerprint density at radius 1 is 1.36 bits per heavy atom. The van der Waals surface area contributed by atoms with Crippen molar-refractivity contribution in [2.24, 2.45) is 10.9 Å². The van der Waals surface area contributed by atoms with Gasteiger partial charge in [0.15, 0.2) is 11.8 Å². The molecule has 0 aromatic carbocycles. The predicted octanol–water partition coefficient (Wildman–Crippen LogP) is 1.22. The summed E-state index contributed by atoms with van der Waals surface area (Å²) in [4.78, 5) is 23.2. The van der Waals surface area contributed by atoms with Crippen molar-refractivity contribution in [2.45, 2.75) is 58.5 Å². The maximum absolute atomic E-state index is 12.5. The number of aliphatic imine (C=N–C) groups is 1. The number of carbonyl (C=O) groups is 1. The summed E-state index contributed by atoms with van der Waals surface area (Å²) in [5.41, 5.74) is 0. The number of aryl methyl sites for hydroxylation is 1. The third kappa shape index (κ3) is 4.70. The Kier molecular flexibility index (Phi) is 5.88. The standard InChI is InChI=1S/C17H28N6O2/c1-3-18-17(19-10-15-20-12(2)22-25-15)21-14-8-9-23(11-14)16(24)13-6-4-5-7-13/h13-14H,3-11H2,1-2H3,(H2,18,19,21). The smallest absolute Gasteiger partial charge is 0.248 e. The Balaban J connectivity index is 1.52. The summed E-state index contributed by atoms with van der Waals surface area (Å²) in [6.45, 7) is 6.50. The van der Waals surface area contributed by atoms with Crippen LogP contribution < -0.4 is 10.6 Å². The number of hydrogen-bond acceptors (Lipinski definition) is 5. The molecule has 2 aliphatic rings. The highest BCUT2D eigenvalue weighted by atomic mass is 16.5. The van der Waals surface area contributed by atoms with Crippen molar-refractivity contribution in [1.29, 1.82) is 0 Å². The van der Waals surface area contributed by atoms with Gasteiger partial charge in [0.1, 0.15) is 6.54 Å². The molecule has 2 fully saturated rings. The van der Waals surface area contributed by atoms with E-state index < -0.39 is 0 Å². The van der Waals surface area contributed by atoms with Crippen LogP contribution in [-0.4, -0.2) is 52.6 Å².